The van der Waals surface area contributed by atoms with E-state index in [2.05, 4.69) is 5.32 Å². The van der Waals surface area contributed by atoms with E-state index in [1.807, 2.05) is 55.5 Å². The quantitative estimate of drug-likeness (QED) is 0.703. The summed E-state index contributed by atoms with van der Waals surface area (Å²) in [7, 11) is 1.60. The molecular weight excluding hydrogens is 330 g/mol. The van der Waals surface area contributed by atoms with Gasteiger partial charge < -0.3 is 14.8 Å². The first kappa shape index (κ1) is 19.5. The molecule has 0 aromatic heterocycles. The molecule has 0 heterocycles. The van der Waals surface area contributed by atoms with Gasteiger partial charge in [0.15, 0.2) is 6.61 Å². The van der Waals surface area contributed by atoms with Gasteiger partial charge in [0, 0.05) is 13.0 Å². The van der Waals surface area contributed by atoms with Crippen molar-refractivity contribution in [1.29, 1.82) is 0 Å². The number of hydrogen-bond acceptors (Lipinski definition) is 4. The van der Waals surface area contributed by atoms with Crippen molar-refractivity contribution in [3.63, 3.8) is 0 Å². The van der Waals surface area contributed by atoms with Crippen LogP contribution in [0.1, 0.15) is 23.1 Å². The molecular formula is C21H25NO4. The van der Waals surface area contributed by atoms with E-state index >= 15 is 0 Å². The van der Waals surface area contributed by atoms with Gasteiger partial charge in [-0.3, -0.25) is 9.59 Å². The summed E-state index contributed by atoms with van der Waals surface area (Å²) in [6, 6.07) is 15.6. The van der Waals surface area contributed by atoms with Crippen LogP contribution in [0.25, 0.3) is 0 Å². The molecule has 0 aliphatic carbocycles. The van der Waals surface area contributed by atoms with Crippen LogP contribution < -0.4 is 10.1 Å². The zero-order valence-corrected chi connectivity index (χ0v) is 15.3. The Morgan fingerprint density at radius 3 is 2.38 bits per heavy atom. The van der Waals surface area contributed by atoms with Crippen LogP contribution in [0.3, 0.4) is 0 Å². The van der Waals surface area contributed by atoms with Gasteiger partial charge in [-0.15, -0.1) is 0 Å². The average molecular weight is 355 g/mol. The van der Waals surface area contributed by atoms with Gasteiger partial charge in [0.05, 0.1) is 7.11 Å². The van der Waals surface area contributed by atoms with Gasteiger partial charge in [-0.05, 0) is 42.5 Å². The predicted molar refractivity (Wildman–Crippen MR) is 100 cm³/mol. The average Bonchev–Trinajstić information content (AvgIpc) is 2.66. The van der Waals surface area contributed by atoms with Crippen molar-refractivity contribution in [3.8, 4) is 5.75 Å². The van der Waals surface area contributed by atoms with Crippen LogP contribution >= 0.6 is 0 Å². The maximum Gasteiger partial charge on any atom is 0.306 e. The molecule has 5 heteroatoms. The van der Waals surface area contributed by atoms with Crippen LogP contribution in [-0.4, -0.2) is 32.1 Å². The van der Waals surface area contributed by atoms with E-state index in [0.717, 1.165) is 17.7 Å². The Kier molecular flexibility index (Phi) is 7.68. The fourth-order valence-electron chi connectivity index (χ4n) is 2.64. The molecule has 0 aliphatic rings. The number of rotatable bonds is 9. The monoisotopic (exact) mass is 355 g/mol. The van der Waals surface area contributed by atoms with E-state index < -0.39 is 5.97 Å². The number of carbonyl (C=O) groups excluding carboxylic acids is 2. The highest BCUT2D eigenvalue weighted by molar-refractivity contribution is 5.80. The first-order valence-electron chi connectivity index (χ1n) is 8.69. The fraction of sp³-hybridized carbons (Fsp3) is 0.333. The minimum atomic E-state index is -0.398. The lowest BCUT2D eigenvalue weighted by atomic mass is 10.1. The summed E-state index contributed by atoms with van der Waals surface area (Å²) in [6.07, 6.45) is 1.47. The van der Waals surface area contributed by atoms with Gasteiger partial charge in [0.25, 0.3) is 5.91 Å². The van der Waals surface area contributed by atoms with Crippen molar-refractivity contribution in [3.05, 3.63) is 65.2 Å². The second-order valence-corrected chi connectivity index (χ2v) is 6.00. The van der Waals surface area contributed by atoms with Crippen LogP contribution in [0.4, 0.5) is 0 Å². The smallest absolute Gasteiger partial charge is 0.306 e. The SMILES string of the molecule is COc1ccccc1CCC(=O)OCC(=O)NCCc1ccccc1C. The zero-order valence-electron chi connectivity index (χ0n) is 15.3. The molecule has 138 valence electrons. The first-order valence-corrected chi connectivity index (χ1v) is 8.69. The van der Waals surface area contributed by atoms with Crippen molar-refractivity contribution in [2.45, 2.75) is 26.2 Å². The molecule has 2 rings (SSSR count). The minimum absolute atomic E-state index is 0.205. The number of ether oxygens (including phenoxy) is 2. The molecule has 0 bridgehead atoms. The van der Waals surface area contributed by atoms with Gasteiger partial charge >= 0.3 is 5.97 Å². The number of aryl methyl sites for hydroxylation is 2. The van der Waals surface area contributed by atoms with Gasteiger partial charge in [-0.25, -0.2) is 0 Å². The van der Waals surface area contributed by atoms with Crippen LogP contribution in [0, 0.1) is 6.92 Å². The number of methoxy groups -OCH3 is 1. The topological polar surface area (TPSA) is 64.6 Å². The van der Waals surface area contributed by atoms with Crippen LogP contribution in [-0.2, 0) is 27.2 Å². The van der Waals surface area contributed by atoms with Crippen LogP contribution in [0.15, 0.2) is 48.5 Å². The van der Waals surface area contributed by atoms with E-state index in [1.165, 1.54) is 11.1 Å². The van der Waals surface area contributed by atoms with Crippen LogP contribution in [0.2, 0.25) is 0 Å². The van der Waals surface area contributed by atoms with Gasteiger partial charge in [-0.1, -0.05) is 42.5 Å². The summed E-state index contributed by atoms with van der Waals surface area (Å²) in [5.41, 5.74) is 3.33. The number of carbonyl (C=O) groups is 2. The lowest BCUT2D eigenvalue weighted by Gasteiger charge is -2.09. The molecule has 2 aromatic rings. The van der Waals surface area contributed by atoms with Crippen molar-refractivity contribution in [2.24, 2.45) is 0 Å². The second kappa shape index (κ2) is 10.2. The number of esters is 1. The zero-order chi connectivity index (χ0) is 18.8. The summed E-state index contributed by atoms with van der Waals surface area (Å²) in [5.74, 6) is 0.0587. The lowest BCUT2D eigenvalue weighted by Crippen LogP contribution is -2.30. The number of para-hydroxylation sites is 1. The lowest BCUT2D eigenvalue weighted by molar-refractivity contribution is -0.148. The molecule has 26 heavy (non-hydrogen) atoms. The van der Waals surface area contributed by atoms with Gasteiger partial charge in [0.2, 0.25) is 0 Å². The van der Waals surface area contributed by atoms with E-state index in [4.69, 9.17) is 9.47 Å². The molecule has 0 atom stereocenters. The maximum absolute atomic E-state index is 11.8. The summed E-state index contributed by atoms with van der Waals surface area (Å²) in [5, 5.41) is 2.77. The summed E-state index contributed by atoms with van der Waals surface area (Å²) in [6.45, 7) is 2.31. The second-order valence-electron chi connectivity index (χ2n) is 6.00. The Labute approximate surface area is 154 Å². The summed E-state index contributed by atoms with van der Waals surface area (Å²) in [4.78, 5) is 23.6. The Hall–Kier alpha value is -2.82. The Balaban J connectivity index is 1.65. The maximum atomic E-state index is 11.8. The molecule has 0 spiro atoms. The van der Waals surface area contributed by atoms with Crippen molar-refractivity contribution in [2.75, 3.05) is 20.3 Å². The molecule has 0 fully saturated rings. The number of nitrogens with one attached hydrogen (secondary N) is 1. The van der Waals surface area contributed by atoms with Crippen LogP contribution in [0.5, 0.6) is 5.75 Å². The van der Waals surface area contributed by atoms with Crippen molar-refractivity contribution < 1.29 is 19.1 Å². The molecule has 0 radical (unpaired) electrons. The van der Waals surface area contributed by atoms with E-state index in [9.17, 15) is 9.59 Å². The normalized spacial score (nSPS) is 10.2. The predicted octanol–water partition coefficient (Wildman–Crippen LogP) is 2.84. The van der Waals surface area contributed by atoms with Gasteiger partial charge in [-0.2, -0.15) is 0 Å². The van der Waals surface area contributed by atoms with E-state index in [1.54, 1.807) is 7.11 Å². The first-order chi connectivity index (χ1) is 12.6. The fourth-order valence-corrected chi connectivity index (χ4v) is 2.64. The van der Waals surface area contributed by atoms with Crippen molar-refractivity contribution in [1.82, 2.24) is 5.32 Å². The summed E-state index contributed by atoms with van der Waals surface area (Å²) >= 11 is 0. The highest BCUT2D eigenvalue weighted by atomic mass is 16.5. The number of benzene rings is 2. The van der Waals surface area contributed by atoms with E-state index in [-0.39, 0.29) is 18.9 Å². The standard InChI is InChI=1S/C21H25NO4/c1-16-7-3-4-8-17(16)13-14-22-20(23)15-26-21(24)12-11-18-9-5-6-10-19(18)25-2/h3-10H,11-15H2,1-2H3,(H,22,23). The number of hydrogen-bond donors (Lipinski definition) is 1. The summed E-state index contributed by atoms with van der Waals surface area (Å²) < 4.78 is 10.3. The molecule has 0 unspecified atom stereocenters. The molecule has 0 aliphatic heterocycles. The highest BCUT2D eigenvalue weighted by Gasteiger charge is 2.10. The molecule has 5 nitrogen and oxygen atoms in total. The molecule has 0 saturated carbocycles. The Morgan fingerprint density at radius 1 is 0.962 bits per heavy atom. The van der Waals surface area contributed by atoms with E-state index in [0.29, 0.717) is 13.0 Å². The molecule has 1 N–H and O–H groups in total. The molecule has 0 saturated heterocycles. The largest absolute Gasteiger partial charge is 0.496 e. The number of amides is 1. The third-order valence-electron chi connectivity index (χ3n) is 4.13. The van der Waals surface area contributed by atoms with Crippen molar-refractivity contribution >= 4 is 11.9 Å². The molecule has 2 aromatic carbocycles. The Bertz CT molecular complexity index is 742. The highest BCUT2D eigenvalue weighted by Crippen LogP contribution is 2.18. The Morgan fingerprint density at radius 2 is 1.65 bits per heavy atom. The minimum Gasteiger partial charge on any atom is -0.496 e. The third kappa shape index (κ3) is 6.24. The molecule has 1 amide bonds. The van der Waals surface area contributed by atoms with Gasteiger partial charge in [0.1, 0.15) is 5.75 Å². The third-order valence-corrected chi connectivity index (χ3v) is 4.13.